The number of hydrogen-bond acceptors (Lipinski definition) is 1. The molecule has 0 fully saturated rings. The first-order valence-electron chi connectivity index (χ1n) is 5.65. The molecule has 2 rings (SSSR count). The van der Waals surface area contributed by atoms with Gasteiger partial charge in [0.2, 0.25) is 0 Å². The van der Waals surface area contributed by atoms with E-state index in [1.54, 1.807) is 12.1 Å². The molecule has 1 N–H and O–H groups in total. The Balaban J connectivity index is 1.96. The maximum Gasteiger partial charge on any atom is 0.141 e. The van der Waals surface area contributed by atoms with Gasteiger partial charge in [-0.05, 0) is 41.5 Å². The van der Waals surface area contributed by atoms with Gasteiger partial charge >= 0.3 is 0 Å². The Bertz CT molecular complexity index is 590. The zero-order valence-corrected chi connectivity index (χ0v) is 13.0. The maximum atomic E-state index is 13.0. The minimum Gasteiger partial charge on any atom is -0.309 e. The molecule has 2 aromatic carbocycles. The van der Waals surface area contributed by atoms with E-state index in [0.717, 1.165) is 15.6 Å². The van der Waals surface area contributed by atoms with E-state index in [-0.39, 0.29) is 5.02 Å². The molecule has 19 heavy (non-hydrogen) atoms. The largest absolute Gasteiger partial charge is 0.309 e. The summed E-state index contributed by atoms with van der Waals surface area (Å²) in [7, 11) is 0. The van der Waals surface area contributed by atoms with Crippen LogP contribution >= 0.6 is 39.1 Å². The molecule has 0 aliphatic rings. The van der Waals surface area contributed by atoms with Gasteiger partial charge in [-0.2, -0.15) is 0 Å². The van der Waals surface area contributed by atoms with E-state index in [2.05, 4.69) is 21.2 Å². The van der Waals surface area contributed by atoms with Crippen LogP contribution in [0.4, 0.5) is 4.39 Å². The van der Waals surface area contributed by atoms with Gasteiger partial charge in [0, 0.05) is 22.6 Å². The molecular weight excluding hydrogens is 352 g/mol. The van der Waals surface area contributed by atoms with Crippen LogP contribution in [0.25, 0.3) is 0 Å². The fourth-order valence-electron chi connectivity index (χ4n) is 1.67. The van der Waals surface area contributed by atoms with Crippen molar-refractivity contribution in [1.29, 1.82) is 0 Å². The molecule has 0 heterocycles. The van der Waals surface area contributed by atoms with Crippen molar-refractivity contribution in [2.45, 2.75) is 13.1 Å². The van der Waals surface area contributed by atoms with Gasteiger partial charge in [0.25, 0.3) is 0 Å². The third-order valence-corrected chi connectivity index (χ3v) is 3.79. The summed E-state index contributed by atoms with van der Waals surface area (Å²) < 4.78 is 14.0. The molecule has 0 aliphatic heterocycles. The molecule has 0 unspecified atom stereocenters. The smallest absolute Gasteiger partial charge is 0.141 e. The first-order valence-corrected chi connectivity index (χ1v) is 7.20. The fraction of sp³-hybridized carbons (Fsp3) is 0.143. The third-order valence-electron chi connectivity index (χ3n) is 2.64. The molecule has 0 radical (unpaired) electrons. The van der Waals surface area contributed by atoms with Crippen molar-refractivity contribution in [3.05, 3.63) is 67.9 Å². The van der Waals surface area contributed by atoms with Crippen LogP contribution in [0, 0.1) is 5.82 Å². The van der Waals surface area contributed by atoms with Crippen LogP contribution in [0.3, 0.4) is 0 Å². The van der Waals surface area contributed by atoms with E-state index in [9.17, 15) is 4.39 Å². The summed E-state index contributed by atoms with van der Waals surface area (Å²) >= 11 is 15.2. The molecule has 0 aromatic heterocycles. The van der Waals surface area contributed by atoms with Gasteiger partial charge in [0.1, 0.15) is 5.82 Å². The number of rotatable bonds is 4. The van der Waals surface area contributed by atoms with Crippen LogP contribution in [0.5, 0.6) is 0 Å². The molecular formula is C14H11BrCl2FN. The fourth-order valence-corrected chi connectivity index (χ4v) is 2.47. The average molecular weight is 363 g/mol. The van der Waals surface area contributed by atoms with Gasteiger partial charge < -0.3 is 5.32 Å². The molecule has 0 bridgehead atoms. The Labute approximate surface area is 129 Å². The van der Waals surface area contributed by atoms with E-state index in [1.165, 1.54) is 6.07 Å². The molecule has 0 aliphatic carbocycles. The van der Waals surface area contributed by atoms with Crippen LogP contribution in [0.15, 0.2) is 40.9 Å². The maximum absolute atomic E-state index is 13.0. The van der Waals surface area contributed by atoms with Crippen molar-refractivity contribution in [2.75, 3.05) is 0 Å². The second-order valence-corrected chi connectivity index (χ2v) is 5.82. The Hall–Kier alpha value is -0.610. The SMILES string of the molecule is Fc1ccc(CNCc2cc(Br)ccc2Cl)cc1Cl. The number of halogens is 4. The molecule has 100 valence electrons. The first kappa shape index (κ1) is 14.8. The summed E-state index contributed by atoms with van der Waals surface area (Å²) in [6.45, 7) is 1.23. The number of hydrogen-bond donors (Lipinski definition) is 1. The van der Waals surface area contributed by atoms with Gasteiger partial charge in [-0.25, -0.2) is 4.39 Å². The van der Waals surface area contributed by atoms with Gasteiger partial charge in [0.15, 0.2) is 0 Å². The zero-order valence-electron chi connectivity index (χ0n) is 9.89. The summed E-state index contributed by atoms with van der Waals surface area (Å²) in [5.41, 5.74) is 1.93. The van der Waals surface area contributed by atoms with E-state index in [1.807, 2.05) is 18.2 Å². The predicted molar refractivity (Wildman–Crippen MR) is 81.1 cm³/mol. The Kier molecular flexibility index (Phi) is 5.22. The van der Waals surface area contributed by atoms with Crippen LogP contribution in [-0.4, -0.2) is 0 Å². The Morgan fingerprint density at radius 1 is 1.00 bits per heavy atom. The molecule has 0 spiro atoms. The van der Waals surface area contributed by atoms with E-state index >= 15 is 0 Å². The Morgan fingerprint density at radius 2 is 1.79 bits per heavy atom. The molecule has 0 amide bonds. The van der Waals surface area contributed by atoms with Gasteiger partial charge in [-0.15, -0.1) is 0 Å². The molecule has 0 saturated carbocycles. The summed E-state index contributed by atoms with van der Waals surface area (Å²) in [4.78, 5) is 0. The van der Waals surface area contributed by atoms with Gasteiger partial charge in [-0.1, -0.05) is 45.2 Å². The molecule has 5 heteroatoms. The third kappa shape index (κ3) is 4.18. The van der Waals surface area contributed by atoms with Crippen LogP contribution in [0.2, 0.25) is 10.0 Å². The predicted octanol–water partition coefficient (Wildman–Crippen LogP) is 5.18. The minimum atomic E-state index is -0.402. The van der Waals surface area contributed by atoms with Gasteiger partial charge in [-0.3, -0.25) is 0 Å². The molecule has 1 nitrogen and oxygen atoms in total. The highest BCUT2D eigenvalue weighted by Gasteiger charge is 2.03. The number of benzene rings is 2. The zero-order chi connectivity index (χ0) is 13.8. The lowest BCUT2D eigenvalue weighted by Crippen LogP contribution is -2.13. The Morgan fingerprint density at radius 3 is 2.53 bits per heavy atom. The van der Waals surface area contributed by atoms with Crippen LogP contribution in [-0.2, 0) is 13.1 Å². The topological polar surface area (TPSA) is 12.0 Å². The van der Waals surface area contributed by atoms with Crippen molar-refractivity contribution < 1.29 is 4.39 Å². The minimum absolute atomic E-state index is 0.139. The monoisotopic (exact) mass is 361 g/mol. The normalized spacial score (nSPS) is 10.7. The lowest BCUT2D eigenvalue weighted by atomic mass is 10.2. The summed E-state index contributed by atoms with van der Waals surface area (Å²) in [6, 6.07) is 10.4. The van der Waals surface area contributed by atoms with Crippen molar-refractivity contribution >= 4 is 39.1 Å². The lowest BCUT2D eigenvalue weighted by molar-refractivity contribution is 0.625. The molecule has 0 saturated heterocycles. The standard InChI is InChI=1S/C14H11BrCl2FN/c15-11-2-3-12(16)10(6-11)8-19-7-9-1-4-14(18)13(17)5-9/h1-6,19H,7-8H2. The lowest BCUT2D eigenvalue weighted by Gasteiger charge is -2.08. The van der Waals surface area contributed by atoms with E-state index < -0.39 is 5.82 Å². The van der Waals surface area contributed by atoms with E-state index in [0.29, 0.717) is 18.1 Å². The van der Waals surface area contributed by atoms with Crippen molar-refractivity contribution in [3.8, 4) is 0 Å². The first-order chi connectivity index (χ1) is 9.06. The summed E-state index contributed by atoms with van der Waals surface area (Å²) in [6.07, 6.45) is 0. The second kappa shape index (κ2) is 6.71. The summed E-state index contributed by atoms with van der Waals surface area (Å²) in [5, 5.41) is 4.10. The highest BCUT2D eigenvalue weighted by Crippen LogP contribution is 2.21. The van der Waals surface area contributed by atoms with Crippen molar-refractivity contribution in [3.63, 3.8) is 0 Å². The highest BCUT2D eigenvalue weighted by atomic mass is 79.9. The van der Waals surface area contributed by atoms with Crippen molar-refractivity contribution in [1.82, 2.24) is 5.32 Å². The van der Waals surface area contributed by atoms with Crippen molar-refractivity contribution in [2.24, 2.45) is 0 Å². The molecule has 2 aromatic rings. The average Bonchev–Trinajstić information content (AvgIpc) is 2.38. The second-order valence-electron chi connectivity index (χ2n) is 4.09. The molecule has 0 atom stereocenters. The highest BCUT2D eigenvalue weighted by molar-refractivity contribution is 9.10. The van der Waals surface area contributed by atoms with E-state index in [4.69, 9.17) is 23.2 Å². The van der Waals surface area contributed by atoms with Crippen LogP contribution in [0.1, 0.15) is 11.1 Å². The number of nitrogens with one attached hydrogen (secondary N) is 1. The van der Waals surface area contributed by atoms with Crippen LogP contribution < -0.4 is 5.32 Å². The van der Waals surface area contributed by atoms with Gasteiger partial charge in [0.05, 0.1) is 5.02 Å². The summed E-state index contributed by atoms with van der Waals surface area (Å²) in [5.74, 6) is -0.402. The quantitative estimate of drug-likeness (QED) is 0.789.